The summed E-state index contributed by atoms with van der Waals surface area (Å²) in [7, 11) is 0. The SMILES string of the molecule is NC(=O)[C@@H](OC(=O)c1c(F)cccc1Cl)c1ccccc1. The summed E-state index contributed by atoms with van der Waals surface area (Å²) in [5.41, 5.74) is 5.19. The van der Waals surface area contributed by atoms with Crippen LogP contribution in [0.1, 0.15) is 22.0 Å². The Hall–Kier alpha value is -2.40. The van der Waals surface area contributed by atoms with Gasteiger partial charge >= 0.3 is 5.97 Å². The third-order valence-electron chi connectivity index (χ3n) is 2.75. The summed E-state index contributed by atoms with van der Waals surface area (Å²) >= 11 is 5.78. The number of benzene rings is 2. The van der Waals surface area contributed by atoms with Crippen LogP contribution < -0.4 is 5.73 Å². The quantitative estimate of drug-likeness (QED) is 0.883. The Labute approximate surface area is 125 Å². The van der Waals surface area contributed by atoms with Crippen LogP contribution in [0.5, 0.6) is 0 Å². The van der Waals surface area contributed by atoms with Crippen LogP contribution in [-0.4, -0.2) is 11.9 Å². The number of rotatable bonds is 4. The molecule has 21 heavy (non-hydrogen) atoms. The normalized spacial score (nSPS) is 11.7. The largest absolute Gasteiger partial charge is 0.444 e. The van der Waals surface area contributed by atoms with Gasteiger partial charge in [0.25, 0.3) is 5.91 Å². The third kappa shape index (κ3) is 3.38. The first-order chi connectivity index (χ1) is 10.0. The Morgan fingerprint density at radius 1 is 1.10 bits per heavy atom. The monoisotopic (exact) mass is 307 g/mol. The Bertz CT molecular complexity index is 656. The van der Waals surface area contributed by atoms with Gasteiger partial charge in [-0.1, -0.05) is 48.0 Å². The van der Waals surface area contributed by atoms with Gasteiger partial charge in [-0.15, -0.1) is 0 Å². The number of hydrogen-bond acceptors (Lipinski definition) is 3. The molecule has 0 fully saturated rings. The number of primary amides is 1. The number of hydrogen-bond donors (Lipinski definition) is 1. The van der Waals surface area contributed by atoms with Crippen LogP contribution in [0.3, 0.4) is 0 Å². The molecule has 0 heterocycles. The molecule has 0 aliphatic rings. The fourth-order valence-electron chi connectivity index (χ4n) is 1.78. The van der Waals surface area contributed by atoms with Crippen LogP contribution in [0, 0.1) is 5.82 Å². The Morgan fingerprint density at radius 2 is 1.76 bits per heavy atom. The first-order valence-electron chi connectivity index (χ1n) is 6.00. The lowest BCUT2D eigenvalue weighted by molar-refractivity contribution is -0.127. The minimum Gasteiger partial charge on any atom is -0.444 e. The summed E-state index contributed by atoms with van der Waals surface area (Å²) in [4.78, 5) is 23.5. The van der Waals surface area contributed by atoms with Crippen molar-refractivity contribution in [3.8, 4) is 0 Å². The van der Waals surface area contributed by atoms with Crippen LogP contribution in [0.4, 0.5) is 4.39 Å². The van der Waals surface area contributed by atoms with E-state index in [9.17, 15) is 14.0 Å². The summed E-state index contributed by atoms with van der Waals surface area (Å²) in [6, 6.07) is 12.0. The van der Waals surface area contributed by atoms with Gasteiger partial charge in [0.2, 0.25) is 6.10 Å². The number of esters is 1. The zero-order valence-corrected chi connectivity index (χ0v) is 11.5. The van der Waals surface area contributed by atoms with E-state index in [0.29, 0.717) is 5.56 Å². The van der Waals surface area contributed by atoms with Crippen LogP contribution in [0.2, 0.25) is 5.02 Å². The molecule has 0 saturated heterocycles. The molecule has 2 N–H and O–H groups in total. The number of carbonyl (C=O) groups is 2. The average Bonchev–Trinajstić information content (AvgIpc) is 2.45. The zero-order chi connectivity index (χ0) is 15.4. The van der Waals surface area contributed by atoms with E-state index in [1.54, 1.807) is 30.3 Å². The van der Waals surface area contributed by atoms with Crippen LogP contribution in [0.15, 0.2) is 48.5 Å². The maximum atomic E-state index is 13.7. The van der Waals surface area contributed by atoms with Crippen molar-refractivity contribution in [1.29, 1.82) is 0 Å². The molecule has 0 spiro atoms. The number of halogens is 2. The molecule has 4 nitrogen and oxygen atoms in total. The molecule has 0 aliphatic heterocycles. The van der Waals surface area contributed by atoms with Crippen molar-refractivity contribution < 1.29 is 18.7 Å². The topological polar surface area (TPSA) is 69.4 Å². The highest BCUT2D eigenvalue weighted by Gasteiger charge is 2.26. The van der Waals surface area contributed by atoms with E-state index in [2.05, 4.69) is 0 Å². The highest BCUT2D eigenvalue weighted by Crippen LogP contribution is 2.24. The molecule has 108 valence electrons. The van der Waals surface area contributed by atoms with Crippen molar-refractivity contribution in [2.45, 2.75) is 6.10 Å². The lowest BCUT2D eigenvalue weighted by Gasteiger charge is -2.15. The Morgan fingerprint density at radius 3 is 2.33 bits per heavy atom. The van der Waals surface area contributed by atoms with E-state index < -0.39 is 29.4 Å². The third-order valence-corrected chi connectivity index (χ3v) is 3.07. The maximum absolute atomic E-state index is 13.7. The van der Waals surface area contributed by atoms with E-state index >= 15 is 0 Å². The van der Waals surface area contributed by atoms with E-state index in [0.717, 1.165) is 6.07 Å². The first kappa shape index (κ1) is 15.0. The van der Waals surface area contributed by atoms with Gasteiger partial charge < -0.3 is 10.5 Å². The number of amides is 1. The summed E-state index contributed by atoms with van der Waals surface area (Å²) < 4.78 is 18.7. The van der Waals surface area contributed by atoms with Gasteiger partial charge in [-0.2, -0.15) is 0 Å². The fourth-order valence-corrected chi connectivity index (χ4v) is 2.02. The van der Waals surface area contributed by atoms with Gasteiger partial charge in [-0.25, -0.2) is 9.18 Å². The summed E-state index contributed by atoms with van der Waals surface area (Å²) in [6.07, 6.45) is -1.31. The van der Waals surface area contributed by atoms with Gasteiger partial charge in [-0.05, 0) is 12.1 Å². The molecule has 2 aromatic rings. The molecule has 2 rings (SSSR count). The predicted octanol–water partition coefficient (Wildman–Crippen LogP) is 2.86. The second-order valence-electron chi connectivity index (χ2n) is 4.20. The Kier molecular flexibility index (Phi) is 4.55. The molecular formula is C15H11ClFNO3. The molecule has 0 aliphatic carbocycles. The van der Waals surface area contributed by atoms with E-state index in [4.69, 9.17) is 22.1 Å². The van der Waals surface area contributed by atoms with E-state index in [1.165, 1.54) is 12.1 Å². The summed E-state index contributed by atoms with van der Waals surface area (Å²) in [5.74, 6) is -2.74. The summed E-state index contributed by atoms with van der Waals surface area (Å²) in [5, 5.41) is -0.101. The highest BCUT2D eigenvalue weighted by atomic mass is 35.5. The first-order valence-corrected chi connectivity index (χ1v) is 6.37. The minimum atomic E-state index is -1.31. The van der Waals surface area contributed by atoms with Crippen molar-refractivity contribution in [2.75, 3.05) is 0 Å². The van der Waals surface area contributed by atoms with Crippen molar-refractivity contribution >= 4 is 23.5 Å². The smallest absolute Gasteiger partial charge is 0.343 e. The van der Waals surface area contributed by atoms with Crippen molar-refractivity contribution in [2.24, 2.45) is 5.73 Å². The fraction of sp³-hybridized carbons (Fsp3) is 0.0667. The predicted molar refractivity (Wildman–Crippen MR) is 75.2 cm³/mol. The van der Waals surface area contributed by atoms with Crippen LogP contribution in [0.25, 0.3) is 0 Å². The maximum Gasteiger partial charge on any atom is 0.343 e. The molecule has 0 aromatic heterocycles. The Balaban J connectivity index is 2.30. The molecule has 0 unspecified atom stereocenters. The van der Waals surface area contributed by atoms with Crippen molar-refractivity contribution in [3.05, 3.63) is 70.5 Å². The van der Waals surface area contributed by atoms with Gasteiger partial charge in [0.1, 0.15) is 11.4 Å². The van der Waals surface area contributed by atoms with Gasteiger partial charge in [0, 0.05) is 5.56 Å². The van der Waals surface area contributed by atoms with E-state index in [1.807, 2.05) is 0 Å². The van der Waals surface area contributed by atoms with Crippen LogP contribution in [-0.2, 0) is 9.53 Å². The van der Waals surface area contributed by atoms with E-state index in [-0.39, 0.29) is 5.02 Å². The van der Waals surface area contributed by atoms with Gasteiger partial charge in [-0.3, -0.25) is 4.79 Å². The lowest BCUT2D eigenvalue weighted by atomic mass is 10.1. The molecular weight excluding hydrogens is 297 g/mol. The molecule has 0 radical (unpaired) electrons. The minimum absolute atomic E-state index is 0.101. The van der Waals surface area contributed by atoms with Gasteiger partial charge in [0.05, 0.1) is 5.02 Å². The number of nitrogens with two attached hydrogens (primary N) is 1. The lowest BCUT2D eigenvalue weighted by Crippen LogP contribution is -2.26. The average molecular weight is 308 g/mol. The van der Waals surface area contributed by atoms with Gasteiger partial charge in [0.15, 0.2) is 0 Å². The molecule has 1 atom stereocenters. The van der Waals surface area contributed by atoms with Crippen molar-refractivity contribution in [3.63, 3.8) is 0 Å². The molecule has 0 bridgehead atoms. The second-order valence-corrected chi connectivity index (χ2v) is 4.60. The summed E-state index contributed by atoms with van der Waals surface area (Å²) in [6.45, 7) is 0. The molecule has 1 amide bonds. The standard InChI is InChI=1S/C15H11ClFNO3/c16-10-7-4-8-11(17)12(10)15(20)21-13(14(18)19)9-5-2-1-3-6-9/h1-8,13H,(H2,18,19)/t13-/m0/s1. The van der Waals surface area contributed by atoms with Crippen LogP contribution >= 0.6 is 11.6 Å². The number of carbonyl (C=O) groups excluding carboxylic acids is 2. The second kappa shape index (κ2) is 6.37. The molecule has 0 saturated carbocycles. The number of ether oxygens (including phenoxy) is 1. The zero-order valence-electron chi connectivity index (χ0n) is 10.8. The molecule has 6 heteroatoms. The van der Waals surface area contributed by atoms with Crippen molar-refractivity contribution in [1.82, 2.24) is 0 Å². The molecule has 2 aromatic carbocycles. The highest BCUT2D eigenvalue weighted by molar-refractivity contribution is 6.33.